The van der Waals surface area contributed by atoms with E-state index in [1.165, 1.54) is 108 Å². The number of fused-ring (bicyclic) bond motifs is 7. The highest BCUT2D eigenvalue weighted by atomic mass is 15.1. The van der Waals surface area contributed by atoms with Crippen LogP contribution in [0, 0.1) is 0 Å². The van der Waals surface area contributed by atoms with Crippen molar-refractivity contribution in [2.24, 2.45) is 0 Å². The lowest BCUT2D eigenvalue weighted by atomic mass is 9.82. The number of rotatable bonds is 6. The molecule has 0 aliphatic heterocycles. The molecule has 278 valence electrons. The first-order chi connectivity index (χ1) is 28.5. The molecule has 9 aromatic carbocycles. The molecule has 1 heteroatoms. The average molecular weight is 744 g/mol. The Hall–Kier alpha value is -6.70. The second-order valence-corrected chi connectivity index (χ2v) is 16.7. The number of benzene rings is 9. The molecule has 1 nitrogen and oxygen atoms in total. The highest BCUT2D eigenvalue weighted by Crippen LogP contribution is 2.54. The fourth-order valence-corrected chi connectivity index (χ4v) is 10.1. The molecule has 0 radical (unpaired) electrons. The van der Waals surface area contributed by atoms with Gasteiger partial charge in [0.05, 0.1) is 5.69 Å². The Labute approximate surface area is 341 Å². The van der Waals surface area contributed by atoms with E-state index in [4.69, 9.17) is 0 Å². The fraction of sp³-hybridized carbons (Fsp3) is 0.123. The van der Waals surface area contributed by atoms with E-state index in [2.05, 4.69) is 207 Å². The molecule has 0 atom stereocenters. The molecule has 2 aliphatic carbocycles. The minimum Gasteiger partial charge on any atom is -0.310 e. The molecule has 9 aromatic rings. The first-order valence-electron chi connectivity index (χ1n) is 20.9. The van der Waals surface area contributed by atoms with Gasteiger partial charge in [-0.3, -0.25) is 0 Å². The van der Waals surface area contributed by atoms with Gasteiger partial charge in [-0.05, 0) is 139 Å². The van der Waals surface area contributed by atoms with Crippen LogP contribution in [0.4, 0.5) is 17.1 Å². The highest BCUT2D eigenvalue weighted by molar-refractivity contribution is 6.07. The van der Waals surface area contributed by atoms with Gasteiger partial charge in [0.25, 0.3) is 0 Å². The summed E-state index contributed by atoms with van der Waals surface area (Å²) in [5.41, 5.74) is 19.3. The summed E-state index contributed by atoms with van der Waals surface area (Å²) in [6.45, 7) is 4.79. The molecular weight excluding hydrogens is 699 g/mol. The van der Waals surface area contributed by atoms with Crippen molar-refractivity contribution in [3.63, 3.8) is 0 Å². The van der Waals surface area contributed by atoms with Crippen molar-refractivity contribution in [1.29, 1.82) is 0 Å². The monoisotopic (exact) mass is 743 g/mol. The standard InChI is InChI=1S/C57H45N/c1-57(2)52-35-29-41-16-8-11-21-50(41)56(52)51-34-33-46(37-53(51)57)58(45-31-27-43(28-32-45)48-22-12-18-40-15-6-9-19-47(40)48)54-36-30-42-17-7-10-20-49(42)55(54)44-25-23-39(24-26-44)38-13-4-3-5-14-38/h3-5,7-8,10-14,16-18,20-37H,6,9,15,19H2,1-2H3. The van der Waals surface area contributed by atoms with Gasteiger partial charge in [0, 0.05) is 22.4 Å². The van der Waals surface area contributed by atoms with Crippen LogP contribution in [0.1, 0.15) is 48.9 Å². The topological polar surface area (TPSA) is 3.24 Å². The molecule has 0 aromatic heterocycles. The summed E-state index contributed by atoms with van der Waals surface area (Å²) in [6, 6.07) is 70.3. The summed E-state index contributed by atoms with van der Waals surface area (Å²) in [6.07, 6.45) is 4.89. The van der Waals surface area contributed by atoms with Crippen molar-refractivity contribution >= 4 is 38.6 Å². The molecule has 0 fully saturated rings. The van der Waals surface area contributed by atoms with Gasteiger partial charge in [0.2, 0.25) is 0 Å². The van der Waals surface area contributed by atoms with Crippen LogP contribution in [0.15, 0.2) is 188 Å². The van der Waals surface area contributed by atoms with E-state index < -0.39 is 0 Å². The van der Waals surface area contributed by atoms with Crippen LogP contribution >= 0.6 is 0 Å². The van der Waals surface area contributed by atoms with Gasteiger partial charge in [-0.25, -0.2) is 0 Å². The lowest BCUT2D eigenvalue weighted by Crippen LogP contribution is -2.17. The third-order valence-electron chi connectivity index (χ3n) is 13.1. The maximum Gasteiger partial charge on any atom is 0.0546 e. The Morgan fingerprint density at radius 2 is 1.03 bits per heavy atom. The summed E-state index contributed by atoms with van der Waals surface area (Å²) in [4.78, 5) is 2.51. The lowest BCUT2D eigenvalue weighted by molar-refractivity contribution is 0.661. The number of hydrogen-bond donors (Lipinski definition) is 0. The highest BCUT2D eigenvalue weighted by Gasteiger charge is 2.37. The Kier molecular flexibility index (Phi) is 8.19. The first kappa shape index (κ1) is 34.5. The van der Waals surface area contributed by atoms with E-state index in [1.54, 1.807) is 0 Å². The summed E-state index contributed by atoms with van der Waals surface area (Å²) >= 11 is 0. The zero-order chi connectivity index (χ0) is 38.8. The summed E-state index contributed by atoms with van der Waals surface area (Å²) in [7, 11) is 0. The van der Waals surface area contributed by atoms with Gasteiger partial charge in [-0.1, -0.05) is 172 Å². The SMILES string of the molecule is CC1(C)c2cc(N(c3ccc(-c4cccc5c4CCCC5)cc3)c3ccc4ccccc4c3-c3ccc(-c4ccccc4)cc3)ccc2-c2c1ccc1ccccc21. The minimum atomic E-state index is -0.161. The third-order valence-corrected chi connectivity index (χ3v) is 13.1. The van der Waals surface area contributed by atoms with Crippen LogP contribution in [0.5, 0.6) is 0 Å². The number of anilines is 3. The zero-order valence-corrected chi connectivity index (χ0v) is 33.2. The second kappa shape index (κ2) is 13.7. The molecule has 58 heavy (non-hydrogen) atoms. The molecule has 0 spiro atoms. The van der Waals surface area contributed by atoms with E-state index in [9.17, 15) is 0 Å². The number of hydrogen-bond acceptors (Lipinski definition) is 1. The third kappa shape index (κ3) is 5.60. The number of aryl methyl sites for hydroxylation is 1. The van der Waals surface area contributed by atoms with Gasteiger partial charge in [-0.15, -0.1) is 0 Å². The van der Waals surface area contributed by atoms with Crippen LogP contribution in [0.2, 0.25) is 0 Å². The van der Waals surface area contributed by atoms with E-state index in [-0.39, 0.29) is 5.41 Å². The van der Waals surface area contributed by atoms with Crippen molar-refractivity contribution in [2.75, 3.05) is 4.90 Å². The second-order valence-electron chi connectivity index (χ2n) is 16.7. The largest absolute Gasteiger partial charge is 0.310 e. The molecule has 0 unspecified atom stereocenters. The van der Waals surface area contributed by atoms with Crippen LogP contribution in [0.25, 0.3) is 66.1 Å². The normalized spacial score (nSPS) is 13.9. The van der Waals surface area contributed by atoms with Crippen LogP contribution in [-0.4, -0.2) is 0 Å². The smallest absolute Gasteiger partial charge is 0.0546 e. The van der Waals surface area contributed by atoms with Crippen molar-refractivity contribution in [2.45, 2.75) is 44.9 Å². The van der Waals surface area contributed by atoms with Gasteiger partial charge in [0.15, 0.2) is 0 Å². The average Bonchev–Trinajstić information content (AvgIpc) is 3.52. The van der Waals surface area contributed by atoms with Crippen LogP contribution < -0.4 is 4.90 Å². The van der Waals surface area contributed by atoms with E-state index in [0.717, 1.165) is 23.5 Å². The summed E-state index contributed by atoms with van der Waals surface area (Å²) < 4.78 is 0. The summed E-state index contributed by atoms with van der Waals surface area (Å²) in [5.74, 6) is 0. The van der Waals surface area contributed by atoms with Gasteiger partial charge in [0.1, 0.15) is 0 Å². The van der Waals surface area contributed by atoms with E-state index in [0.29, 0.717) is 0 Å². The van der Waals surface area contributed by atoms with Crippen LogP contribution in [0.3, 0.4) is 0 Å². The fourth-order valence-electron chi connectivity index (χ4n) is 10.1. The molecule has 2 aliphatic rings. The van der Waals surface area contributed by atoms with Crippen LogP contribution in [-0.2, 0) is 18.3 Å². The molecule has 0 amide bonds. The van der Waals surface area contributed by atoms with Crippen molar-refractivity contribution in [3.05, 3.63) is 210 Å². The Morgan fingerprint density at radius 3 is 1.81 bits per heavy atom. The van der Waals surface area contributed by atoms with Gasteiger partial charge >= 0.3 is 0 Å². The van der Waals surface area contributed by atoms with Crippen molar-refractivity contribution < 1.29 is 0 Å². The van der Waals surface area contributed by atoms with Crippen molar-refractivity contribution in [3.8, 4) is 44.5 Å². The molecule has 11 rings (SSSR count). The van der Waals surface area contributed by atoms with E-state index >= 15 is 0 Å². The van der Waals surface area contributed by atoms with Gasteiger partial charge in [-0.2, -0.15) is 0 Å². The molecule has 0 bridgehead atoms. The molecular formula is C57H45N. The molecule has 0 saturated carbocycles. The quantitative estimate of drug-likeness (QED) is 0.164. The van der Waals surface area contributed by atoms with Gasteiger partial charge < -0.3 is 4.90 Å². The predicted octanol–water partition coefficient (Wildman–Crippen LogP) is 15.6. The van der Waals surface area contributed by atoms with Crippen molar-refractivity contribution in [1.82, 2.24) is 0 Å². The molecule has 0 saturated heterocycles. The minimum absolute atomic E-state index is 0.161. The zero-order valence-electron chi connectivity index (χ0n) is 33.2. The maximum absolute atomic E-state index is 2.51. The first-order valence-corrected chi connectivity index (χ1v) is 20.9. The molecule has 0 heterocycles. The Balaban J connectivity index is 1.12. The maximum atomic E-state index is 2.51. The Morgan fingerprint density at radius 1 is 0.414 bits per heavy atom. The predicted molar refractivity (Wildman–Crippen MR) is 247 cm³/mol. The Bertz CT molecular complexity index is 3010. The number of nitrogens with zero attached hydrogens (tertiary/aromatic N) is 1. The summed E-state index contributed by atoms with van der Waals surface area (Å²) in [5, 5.41) is 5.08. The molecule has 0 N–H and O–H groups in total. The van der Waals surface area contributed by atoms with E-state index in [1.807, 2.05) is 0 Å². The lowest BCUT2D eigenvalue weighted by Gasteiger charge is -2.30.